The first kappa shape index (κ1) is 11.7. The zero-order valence-electron chi connectivity index (χ0n) is 8.59. The van der Waals surface area contributed by atoms with Gasteiger partial charge in [-0.05, 0) is 37.6 Å². The summed E-state index contributed by atoms with van der Waals surface area (Å²) in [7, 11) is 0. The highest BCUT2D eigenvalue weighted by Crippen LogP contribution is 2.22. The minimum Gasteiger partial charge on any atom is -0.325 e. The van der Waals surface area contributed by atoms with Crippen molar-refractivity contribution in [2.75, 3.05) is 11.9 Å². The van der Waals surface area contributed by atoms with E-state index in [9.17, 15) is 4.79 Å². The summed E-state index contributed by atoms with van der Waals surface area (Å²) in [5.41, 5.74) is 0.635. The fraction of sp³-hybridized carbons (Fsp3) is 0.364. The van der Waals surface area contributed by atoms with Gasteiger partial charge in [0.05, 0.1) is 6.04 Å². The molecule has 0 radical (unpaired) electrons. The minimum atomic E-state index is -0.0993. The highest BCUT2D eigenvalue weighted by Gasteiger charge is 2.21. The van der Waals surface area contributed by atoms with Gasteiger partial charge in [0.1, 0.15) is 0 Å². The zero-order valence-corrected chi connectivity index (χ0v) is 10.1. The van der Waals surface area contributed by atoms with Gasteiger partial charge in [0.25, 0.3) is 0 Å². The van der Waals surface area contributed by atoms with Crippen molar-refractivity contribution < 1.29 is 4.79 Å². The monoisotopic (exact) mass is 258 g/mol. The van der Waals surface area contributed by atoms with Crippen molar-refractivity contribution in [3.05, 3.63) is 28.2 Å². The summed E-state index contributed by atoms with van der Waals surface area (Å²) in [4.78, 5) is 11.8. The van der Waals surface area contributed by atoms with Crippen LogP contribution >= 0.6 is 23.2 Å². The van der Waals surface area contributed by atoms with Crippen LogP contribution in [-0.4, -0.2) is 18.5 Å². The van der Waals surface area contributed by atoms with Gasteiger partial charge in [0, 0.05) is 15.7 Å². The van der Waals surface area contributed by atoms with Crippen LogP contribution in [0.3, 0.4) is 0 Å². The molecule has 0 aromatic heterocycles. The van der Waals surface area contributed by atoms with E-state index in [1.807, 2.05) is 0 Å². The van der Waals surface area contributed by atoms with Crippen LogP contribution < -0.4 is 10.6 Å². The number of carbonyl (C=O) groups excluding carboxylic acids is 1. The van der Waals surface area contributed by atoms with Crippen molar-refractivity contribution in [3.8, 4) is 0 Å². The van der Waals surface area contributed by atoms with E-state index in [-0.39, 0.29) is 11.9 Å². The van der Waals surface area contributed by atoms with Crippen LogP contribution in [0.4, 0.5) is 5.69 Å². The Morgan fingerprint density at radius 3 is 2.56 bits per heavy atom. The van der Waals surface area contributed by atoms with E-state index >= 15 is 0 Å². The summed E-state index contributed by atoms with van der Waals surface area (Å²) in [6, 6.07) is 4.89. The lowest BCUT2D eigenvalue weighted by atomic mass is 10.2. The number of rotatable bonds is 2. The largest absolute Gasteiger partial charge is 0.325 e. The maximum Gasteiger partial charge on any atom is 0.241 e. The van der Waals surface area contributed by atoms with Crippen LogP contribution in [0, 0.1) is 0 Å². The second kappa shape index (κ2) is 5.04. The van der Waals surface area contributed by atoms with Crippen LogP contribution in [0.15, 0.2) is 18.2 Å². The molecule has 0 unspecified atom stereocenters. The minimum absolute atomic E-state index is 0.0316. The Morgan fingerprint density at radius 2 is 2.00 bits per heavy atom. The van der Waals surface area contributed by atoms with Gasteiger partial charge in [0.15, 0.2) is 0 Å². The van der Waals surface area contributed by atoms with Crippen LogP contribution in [-0.2, 0) is 4.79 Å². The molecule has 1 heterocycles. The molecule has 1 aromatic carbocycles. The third-order valence-electron chi connectivity index (χ3n) is 2.51. The third-order valence-corrected chi connectivity index (χ3v) is 2.94. The Hall–Kier alpha value is -0.770. The molecule has 3 nitrogen and oxygen atoms in total. The fourth-order valence-corrected chi connectivity index (χ4v) is 2.29. The van der Waals surface area contributed by atoms with Crippen molar-refractivity contribution in [2.24, 2.45) is 0 Å². The van der Waals surface area contributed by atoms with Gasteiger partial charge in [-0.25, -0.2) is 0 Å². The first-order valence-corrected chi connectivity index (χ1v) is 5.91. The zero-order chi connectivity index (χ0) is 11.5. The molecule has 1 aliphatic rings. The second-order valence-electron chi connectivity index (χ2n) is 3.80. The predicted octanol–water partition coefficient (Wildman–Crippen LogP) is 2.68. The molecule has 2 N–H and O–H groups in total. The van der Waals surface area contributed by atoms with Crippen molar-refractivity contribution in [2.45, 2.75) is 18.9 Å². The normalized spacial score (nSPS) is 19.8. The highest BCUT2D eigenvalue weighted by molar-refractivity contribution is 6.35. The van der Waals surface area contributed by atoms with Gasteiger partial charge < -0.3 is 10.6 Å². The number of nitrogens with one attached hydrogen (secondary N) is 2. The molecule has 5 heteroatoms. The fourth-order valence-electron chi connectivity index (χ4n) is 1.76. The SMILES string of the molecule is O=C(Nc1cc(Cl)cc(Cl)c1)[C@H]1CCCN1. The van der Waals surface area contributed by atoms with Crippen molar-refractivity contribution in [1.29, 1.82) is 0 Å². The van der Waals surface area contributed by atoms with E-state index in [1.54, 1.807) is 18.2 Å². The van der Waals surface area contributed by atoms with Crippen LogP contribution in [0.25, 0.3) is 0 Å². The molecule has 0 bridgehead atoms. The summed E-state index contributed by atoms with van der Waals surface area (Å²) in [5, 5.41) is 6.95. The molecule has 1 atom stereocenters. The Balaban J connectivity index is 2.05. The van der Waals surface area contributed by atoms with E-state index in [4.69, 9.17) is 23.2 Å². The second-order valence-corrected chi connectivity index (χ2v) is 4.67. The first-order chi connectivity index (χ1) is 7.65. The quantitative estimate of drug-likeness (QED) is 0.857. The number of halogens is 2. The van der Waals surface area contributed by atoms with Gasteiger partial charge in [-0.15, -0.1) is 0 Å². The molecular weight excluding hydrogens is 247 g/mol. The lowest BCUT2D eigenvalue weighted by Crippen LogP contribution is -2.35. The molecular formula is C11H12Cl2N2O. The number of hydrogen-bond acceptors (Lipinski definition) is 2. The number of carbonyl (C=O) groups is 1. The molecule has 0 aliphatic carbocycles. The lowest BCUT2D eigenvalue weighted by Gasteiger charge is -2.11. The number of anilines is 1. The van der Waals surface area contributed by atoms with Gasteiger partial charge in [-0.2, -0.15) is 0 Å². The van der Waals surface area contributed by atoms with Gasteiger partial charge >= 0.3 is 0 Å². The summed E-state index contributed by atoms with van der Waals surface area (Å²) in [6.45, 7) is 0.897. The van der Waals surface area contributed by atoms with E-state index < -0.39 is 0 Å². The molecule has 1 amide bonds. The molecule has 16 heavy (non-hydrogen) atoms. The number of benzene rings is 1. The van der Waals surface area contributed by atoms with E-state index in [1.165, 1.54) is 0 Å². The predicted molar refractivity (Wildman–Crippen MR) is 66.1 cm³/mol. The maximum absolute atomic E-state index is 11.8. The van der Waals surface area contributed by atoms with Crippen LogP contribution in [0.2, 0.25) is 10.0 Å². The van der Waals surface area contributed by atoms with E-state index in [2.05, 4.69) is 10.6 Å². The van der Waals surface area contributed by atoms with E-state index in [0.29, 0.717) is 15.7 Å². The Morgan fingerprint density at radius 1 is 1.31 bits per heavy atom. The van der Waals surface area contributed by atoms with Crippen LogP contribution in [0.5, 0.6) is 0 Å². The molecule has 86 valence electrons. The summed E-state index contributed by atoms with van der Waals surface area (Å²) < 4.78 is 0. The molecule has 1 fully saturated rings. The first-order valence-electron chi connectivity index (χ1n) is 5.15. The lowest BCUT2D eigenvalue weighted by molar-refractivity contribution is -0.117. The summed E-state index contributed by atoms with van der Waals surface area (Å²) >= 11 is 11.7. The van der Waals surface area contributed by atoms with Gasteiger partial charge in [-0.3, -0.25) is 4.79 Å². The van der Waals surface area contributed by atoms with Crippen LogP contribution in [0.1, 0.15) is 12.8 Å². The molecule has 1 aliphatic heterocycles. The summed E-state index contributed by atoms with van der Waals surface area (Å²) in [6.07, 6.45) is 1.91. The third kappa shape index (κ3) is 2.88. The molecule has 0 saturated carbocycles. The molecule has 1 saturated heterocycles. The maximum atomic E-state index is 11.8. The Labute approximate surface area is 104 Å². The standard InChI is InChI=1S/C11H12Cl2N2O/c12-7-4-8(13)6-9(5-7)15-11(16)10-2-1-3-14-10/h4-6,10,14H,1-3H2,(H,15,16)/t10-/m1/s1. The van der Waals surface area contributed by atoms with Gasteiger partial charge in [-0.1, -0.05) is 23.2 Å². The van der Waals surface area contributed by atoms with Crippen molar-refractivity contribution in [3.63, 3.8) is 0 Å². The highest BCUT2D eigenvalue weighted by atomic mass is 35.5. The molecule has 0 spiro atoms. The smallest absolute Gasteiger partial charge is 0.241 e. The Bertz CT molecular complexity index is 383. The van der Waals surface area contributed by atoms with E-state index in [0.717, 1.165) is 19.4 Å². The average Bonchev–Trinajstić information content (AvgIpc) is 2.68. The topological polar surface area (TPSA) is 41.1 Å². The van der Waals surface area contributed by atoms with Gasteiger partial charge in [0.2, 0.25) is 5.91 Å². The average molecular weight is 259 g/mol. The molecule has 2 rings (SSSR count). The summed E-state index contributed by atoms with van der Waals surface area (Å²) in [5.74, 6) is -0.0316. The number of amides is 1. The number of hydrogen-bond donors (Lipinski definition) is 2. The molecule has 1 aromatic rings. The van der Waals surface area contributed by atoms with Crippen molar-refractivity contribution >= 4 is 34.8 Å². The Kier molecular flexibility index (Phi) is 3.69. The van der Waals surface area contributed by atoms with Crippen molar-refractivity contribution in [1.82, 2.24) is 5.32 Å².